The number of piperazine rings is 3. The van der Waals surface area contributed by atoms with Crippen molar-refractivity contribution < 1.29 is 4.79 Å². The molecule has 6 unspecified atom stereocenters. The summed E-state index contributed by atoms with van der Waals surface area (Å²) >= 11 is 0. The lowest BCUT2D eigenvalue weighted by Crippen LogP contribution is -2.55. The van der Waals surface area contributed by atoms with Crippen LogP contribution in [0.4, 0.5) is 0 Å². The molecule has 0 aliphatic carbocycles. The molecule has 0 aromatic heterocycles. The van der Waals surface area contributed by atoms with Gasteiger partial charge in [0, 0.05) is 126 Å². The Kier molecular flexibility index (Phi) is 64.2. The predicted molar refractivity (Wildman–Crippen MR) is 377 cm³/mol. The summed E-state index contributed by atoms with van der Waals surface area (Å²) in [5.74, 6) is 2.86. The Bertz CT molecular complexity index is 1220. The number of carbonyl (C=O) groups excluding carboxylic acids is 1. The van der Waals surface area contributed by atoms with Gasteiger partial charge in [-0.15, -0.1) is 0 Å². The second-order valence-corrected chi connectivity index (χ2v) is 23.8. The first-order chi connectivity index (χ1) is 39.9. The second kappa shape index (κ2) is 58.7. The van der Waals surface area contributed by atoms with E-state index in [-0.39, 0.29) is 11.4 Å². The number of rotatable bonds is 7. The smallest absolute Gasteiger partial charge is 0.241 e. The van der Waals surface area contributed by atoms with Crippen molar-refractivity contribution in [2.75, 3.05) is 105 Å². The normalized spacial score (nSPS) is 25.2. The molecule has 10 aliphatic rings. The number of nitrogens with one attached hydrogen (secondary N) is 7. The summed E-state index contributed by atoms with van der Waals surface area (Å²) < 4.78 is 0. The van der Waals surface area contributed by atoms with Gasteiger partial charge < -0.3 is 41.7 Å². The van der Waals surface area contributed by atoms with E-state index in [4.69, 9.17) is 0 Å². The molecular formula is C70H160N12O. The molecule has 1 spiro atoms. The summed E-state index contributed by atoms with van der Waals surface area (Å²) in [6.07, 6.45) is 11.6. The molecule has 506 valence electrons. The molecule has 4 bridgehead atoms. The van der Waals surface area contributed by atoms with Gasteiger partial charge in [0.15, 0.2) is 0 Å². The van der Waals surface area contributed by atoms with Crippen LogP contribution in [0.1, 0.15) is 265 Å². The van der Waals surface area contributed by atoms with Crippen molar-refractivity contribution in [2.24, 2.45) is 17.8 Å². The van der Waals surface area contributed by atoms with Crippen molar-refractivity contribution >= 4 is 5.91 Å². The maximum absolute atomic E-state index is 11.6. The van der Waals surface area contributed by atoms with Crippen LogP contribution in [-0.2, 0) is 4.79 Å². The number of nitrogens with zero attached hydrogens (tertiary/aromatic N) is 5. The van der Waals surface area contributed by atoms with E-state index in [1.54, 1.807) is 0 Å². The molecule has 0 aromatic rings. The van der Waals surface area contributed by atoms with Crippen LogP contribution in [0, 0.1) is 17.8 Å². The molecule has 0 saturated carbocycles. The SMILES string of the molecule is CC.CC.CC.CC.CC.CC.CC.CC.CC(C)C1CCCN1.CC(C)C1CCNC1.CC(C)N1CC2CC1CN2.CC(C)N1CC2CC1CN2.CC(C)N1CCC2(CC1)NCNC2=O.CC(C)N1CCCC1.CC(C)N1CCNCC1. The highest BCUT2D eigenvalue weighted by atomic mass is 16.2. The third-order valence-electron chi connectivity index (χ3n) is 16.7. The molecule has 13 heteroatoms. The van der Waals surface area contributed by atoms with Crippen LogP contribution in [0.5, 0.6) is 0 Å². The highest BCUT2D eigenvalue weighted by Gasteiger charge is 2.44. The molecule has 10 heterocycles. The Labute approximate surface area is 524 Å². The van der Waals surface area contributed by atoms with E-state index in [0.29, 0.717) is 12.7 Å². The summed E-state index contributed by atoms with van der Waals surface area (Å²) in [4.78, 5) is 24.3. The molecule has 10 fully saturated rings. The monoisotopic (exact) mass is 1190 g/mol. The zero-order valence-electron chi connectivity index (χ0n) is 62.3. The summed E-state index contributed by atoms with van der Waals surface area (Å²) in [7, 11) is 0. The Morgan fingerprint density at radius 2 is 0.831 bits per heavy atom. The largest absolute Gasteiger partial charge is 0.342 e. The van der Waals surface area contributed by atoms with E-state index in [2.05, 4.69) is 159 Å². The minimum absolute atomic E-state index is 0.195. The van der Waals surface area contributed by atoms with Crippen LogP contribution in [0.3, 0.4) is 0 Å². The van der Waals surface area contributed by atoms with Crippen molar-refractivity contribution in [1.29, 1.82) is 0 Å². The van der Waals surface area contributed by atoms with Crippen LogP contribution in [0.2, 0.25) is 0 Å². The maximum atomic E-state index is 11.6. The first-order valence-electron chi connectivity index (χ1n) is 36.3. The fourth-order valence-corrected chi connectivity index (χ4v) is 11.8. The third-order valence-corrected chi connectivity index (χ3v) is 16.7. The van der Waals surface area contributed by atoms with Gasteiger partial charge in [-0.2, -0.15) is 0 Å². The van der Waals surface area contributed by atoms with Crippen LogP contribution in [-0.4, -0.2) is 201 Å². The van der Waals surface area contributed by atoms with Crippen molar-refractivity contribution in [3.63, 3.8) is 0 Å². The Morgan fingerprint density at radius 1 is 0.422 bits per heavy atom. The average molecular weight is 1190 g/mol. The summed E-state index contributed by atoms with van der Waals surface area (Å²) in [6, 6.07) is 7.74. The van der Waals surface area contributed by atoms with Gasteiger partial charge in [-0.1, -0.05) is 138 Å². The molecule has 10 saturated heterocycles. The third kappa shape index (κ3) is 38.2. The number of likely N-dealkylation sites (tertiary alicyclic amines) is 4. The first kappa shape index (κ1) is 90.8. The average Bonchev–Trinajstić information content (AvgIpc) is 4.43. The van der Waals surface area contributed by atoms with Gasteiger partial charge >= 0.3 is 0 Å². The van der Waals surface area contributed by atoms with E-state index in [1.807, 2.05) is 111 Å². The molecule has 0 radical (unpaired) electrons. The fourth-order valence-electron chi connectivity index (χ4n) is 11.8. The fraction of sp³-hybridized carbons (Fsp3) is 0.986. The van der Waals surface area contributed by atoms with E-state index in [0.717, 1.165) is 111 Å². The maximum Gasteiger partial charge on any atom is 0.241 e. The number of hydrogen-bond acceptors (Lipinski definition) is 12. The van der Waals surface area contributed by atoms with E-state index in [9.17, 15) is 4.79 Å². The van der Waals surface area contributed by atoms with Crippen molar-refractivity contribution in [1.82, 2.24) is 61.7 Å². The van der Waals surface area contributed by atoms with Gasteiger partial charge in [0.25, 0.3) is 0 Å². The Morgan fingerprint density at radius 3 is 1.05 bits per heavy atom. The van der Waals surface area contributed by atoms with Gasteiger partial charge in [0.05, 0.1) is 6.67 Å². The number of fused-ring (bicyclic) bond motifs is 4. The molecule has 6 atom stereocenters. The predicted octanol–water partition coefficient (Wildman–Crippen LogP) is 13.4. The molecule has 83 heavy (non-hydrogen) atoms. The van der Waals surface area contributed by atoms with Gasteiger partial charge in [-0.05, 0) is 178 Å². The minimum atomic E-state index is -0.245. The lowest BCUT2D eigenvalue weighted by Gasteiger charge is -2.39. The Balaban J connectivity index is -0.000000275. The number of amides is 1. The van der Waals surface area contributed by atoms with Crippen LogP contribution in [0.15, 0.2) is 0 Å². The molecule has 0 aromatic carbocycles. The summed E-state index contributed by atoms with van der Waals surface area (Å²) in [5.41, 5.74) is -0.245. The van der Waals surface area contributed by atoms with Gasteiger partial charge in [0.1, 0.15) is 5.54 Å². The lowest BCUT2D eigenvalue weighted by molar-refractivity contribution is -0.125. The van der Waals surface area contributed by atoms with E-state index < -0.39 is 0 Å². The van der Waals surface area contributed by atoms with Crippen molar-refractivity contribution in [3.05, 3.63) is 0 Å². The molecule has 13 nitrogen and oxygen atoms in total. The highest BCUT2D eigenvalue weighted by molar-refractivity contribution is 5.88. The number of carbonyl (C=O) groups is 1. The summed E-state index contributed by atoms with van der Waals surface area (Å²) in [5, 5.41) is 23.3. The van der Waals surface area contributed by atoms with Gasteiger partial charge in [0.2, 0.25) is 5.91 Å². The van der Waals surface area contributed by atoms with E-state index in [1.165, 1.54) is 117 Å². The van der Waals surface area contributed by atoms with Crippen LogP contribution in [0.25, 0.3) is 0 Å². The molecular weight excluding hydrogens is 1020 g/mol. The zero-order valence-corrected chi connectivity index (χ0v) is 62.3. The Hall–Kier alpha value is -0.970. The molecule has 7 N–H and O–H groups in total. The van der Waals surface area contributed by atoms with Gasteiger partial charge in [-0.3, -0.25) is 24.8 Å². The molecule has 10 rings (SSSR count). The second-order valence-electron chi connectivity index (χ2n) is 23.8. The van der Waals surface area contributed by atoms with Crippen LogP contribution < -0.4 is 37.2 Å². The van der Waals surface area contributed by atoms with Crippen molar-refractivity contribution in [2.45, 2.75) is 331 Å². The van der Waals surface area contributed by atoms with E-state index >= 15 is 0 Å². The van der Waals surface area contributed by atoms with Gasteiger partial charge in [-0.25, -0.2) is 0 Å². The quantitative estimate of drug-likeness (QED) is 0.132. The first-order valence-corrected chi connectivity index (χ1v) is 36.3. The highest BCUT2D eigenvalue weighted by Crippen LogP contribution is 2.27. The van der Waals surface area contributed by atoms with Crippen LogP contribution >= 0.6 is 0 Å². The zero-order chi connectivity index (χ0) is 65.1. The van der Waals surface area contributed by atoms with Crippen molar-refractivity contribution in [3.8, 4) is 0 Å². The number of hydrogen-bond donors (Lipinski definition) is 7. The summed E-state index contributed by atoms with van der Waals surface area (Å²) in [6.45, 7) is 82.7. The topological polar surface area (TPSA) is 117 Å². The molecule has 1 amide bonds. The molecule has 10 aliphatic heterocycles. The lowest BCUT2D eigenvalue weighted by atomic mass is 9.87. The minimum Gasteiger partial charge on any atom is -0.342 e. The number of piperidine rings is 1. The standard InChI is InChI=1S/C10H19N3O.2C8H16N2.C7H16N2.3C7H15N.8C2H6/c1-8(2)13-5-3-10(4-6-13)9(14)11-7-12-10;2*1-6(2)10-5-7-3-8(10)4-9-7;1-7(2)9-5-3-8-4-6-9;1-6(2)7-3-4-8-5-7;1-7(2)8-5-3-4-6-8;1-6(2)7-4-3-5-8-7;8*1-2/h8,12H,3-7H2,1-2H3,(H,11,14);2*6-9H,3-5H2,1-2H3;7-8H,3-6H2,1-2H3;6-8H,3-5H2,1-2H3;7H,3-6H2,1-2H3;6-8H,3-5H2,1-2H3;8*1-2H3.